The van der Waals surface area contributed by atoms with Gasteiger partial charge in [0.05, 0.1) is 6.61 Å². The third-order valence-electron chi connectivity index (χ3n) is 3.74. The normalized spacial score (nSPS) is 15.7. The van der Waals surface area contributed by atoms with Crippen molar-refractivity contribution in [2.45, 2.75) is 59.5 Å². The lowest BCUT2D eigenvalue weighted by Crippen LogP contribution is -2.52. The molecule has 0 aliphatic carbocycles. The van der Waals surface area contributed by atoms with Gasteiger partial charge in [0, 0.05) is 32.3 Å². The monoisotopic (exact) mass is 258 g/mol. The van der Waals surface area contributed by atoms with Gasteiger partial charge in [-0.05, 0) is 24.7 Å². The minimum atomic E-state index is 0.428. The van der Waals surface area contributed by atoms with Crippen molar-refractivity contribution < 1.29 is 4.74 Å². The fraction of sp³-hybridized carbons (Fsp3) is 1.00. The zero-order chi connectivity index (χ0) is 14.1. The largest absolute Gasteiger partial charge is 0.384 e. The van der Waals surface area contributed by atoms with Crippen LogP contribution in [-0.2, 0) is 4.74 Å². The number of hydrogen-bond donors (Lipinski definition) is 1. The first-order valence-electron chi connectivity index (χ1n) is 7.46. The number of methoxy groups -OCH3 is 1. The fourth-order valence-electron chi connectivity index (χ4n) is 2.80. The molecule has 3 heteroatoms. The molecule has 0 aromatic carbocycles. The summed E-state index contributed by atoms with van der Waals surface area (Å²) in [6.07, 6.45) is 2.39. The third kappa shape index (κ3) is 5.68. The number of ether oxygens (including phenoxy) is 1. The summed E-state index contributed by atoms with van der Waals surface area (Å²) in [5.74, 6) is 1.16. The molecule has 0 radical (unpaired) electrons. The Morgan fingerprint density at radius 3 is 2.00 bits per heavy atom. The SMILES string of the molecule is CCC(CC)N(CC(C)C)C(CN)C(C)COC. The van der Waals surface area contributed by atoms with Gasteiger partial charge in [-0.3, -0.25) is 4.90 Å². The molecule has 3 nitrogen and oxygen atoms in total. The Morgan fingerprint density at radius 2 is 1.67 bits per heavy atom. The second kappa shape index (κ2) is 9.76. The van der Waals surface area contributed by atoms with E-state index in [9.17, 15) is 0 Å². The molecule has 0 aliphatic heterocycles. The summed E-state index contributed by atoms with van der Waals surface area (Å²) in [5.41, 5.74) is 6.03. The second-order valence-electron chi connectivity index (χ2n) is 5.80. The van der Waals surface area contributed by atoms with Crippen LogP contribution in [0.15, 0.2) is 0 Å². The third-order valence-corrected chi connectivity index (χ3v) is 3.74. The average molecular weight is 258 g/mol. The number of rotatable bonds is 10. The van der Waals surface area contributed by atoms with E-state index in [1.165, 1.54) is 12.8 Å². The molecule has 0 aliphatic rings. The molecule has 0 bridgehead atoms. The number of hydrogen-bond acceptors (Lipinski definition) is 3. The van der Waals surface area contributed by atoms with Crippen molar-refractivity contribution in [2.75, 3.05) is 26.8 Å². The quantitative estimate of drug-likeness (QED) is 0.655. The van der Waals surface area contributed by atoms with Gasteiger partial charge in [-0.2, -0.15) is 0 Å². The Balaban J connectivity index is 4.86. The van der Waals surface area contributed by atoms with E-state index in [1.807, 2.05) is 0 Å². The van der Waals surface area contributed by atoms with Gasteiger partial charge in [-0.1, -0.05) is 34.6 Å². The predicted molar refractivity (Wildman–Crippen MR) is 79.8 cm³/mol. The molecule has 110 valence electrons. The first-order chi connectivity index (χ1) is 8.51. The number of nitrogens with zero attached hydrogens (tertiary/aromatic N) is 1. The second-order valence-corrected chi connectivity index (χ2v) is 5.80. The zero-order valence-corrected chi connectivity index (χ0v) is 13.3. The van der Waals surface area contributed by atoms with Crippen molar-refractivity contribution in [1.29, 1.82) is 0 Å². The Bertz CT molecular complexity index is 193. The molecule has 0 fully saturated rings. The van der Waals surface area contributed by atoms with Gasteiger partial charge in [0.1, 0.15) is 0 Å². The highest BCUT2D eigenvalue weighted by molar-refractivity contribution is 4.83. The van der Waals surface area contributed by atoms with Crippen molar-refractivity contribution in [2.24, 2.45) is 17.6 Å². The molecule has 0 heterocycles. The first-order valence-corrected chi connectivity index (χ1v) is 7.46. The molecule has 2 atom stereocenters. The molecule has 18 heavy (non-hydrogen) atoms. The topological polar surface area (TPSA) is 38.5 Å². The van der Waals surface area contributed by atoms with Gasteiger partial charge in [0.25, 0.3) is 0 Å². The van der Waals surface area contributed by atoms with E-state index in [-0.39, 0.29) is 0 Å². The summed E-state index contributed by atoms with van der Waals surface area (Å²) in [4.78, 5) is 2.62. The molecular weight excluding hydrogens is 224 g/mol. The van der Waals surface area contributed by atoms with Crippen LogP contribution in [0.3, 0.4) is 0 Å². The van der Waals surface area contributed by atoms with Crippen molar-refractivity contribution >= 4 is 0 Å². The highest BCUT2D eigenvalue weighted by atomic mass is 16.5. The molecule has 0 saturated heterocycles. The Hall–Kier alpha value is -0.120. The number of nitrogens with two attached hydrogens (primary N) is 1. The van der Waals surface area contributed by atoms with Crippen LogP contribution >= 0.6 is 0 Å². The maximum Gasteiger partial charge on any atom is 0.0503 e. The first kappa shape index (κ1) is 17.9. The highest BCUT2D eigenvalue weighted by Gasteiger charge is 2.28. The van der Waals surface area contributed by atoms with Gasteiger partial charge < -0.3 is 10.5 Å². The van der Waals surface area contributed by atoms with E-state index in [4.69, 9.17) is 10.5 Å². The van der Waals surface area contributed by atoms with Crippen LogP contribution in [0.5, 0.6) is 0 Å². The van der Waals surface area contributed by atoms with Crippen molar-refractivity contribution in [3.8, 4) is 0 Å². The van der Waals surface area contributed by atoms with Crippen molar-refractivity contribution in [3.63, 3.8) is 0 Å². The van der Waals surface area contributed by atoms with E-state index in [1.54, 1.807) is 7.11 Å². The summed E-state index contributed by atoms with van der Waals surface area (Å²) < 4.78 is 5.31. The summed E-state index contributed by atoms with van der Waals surface area (Å²) in [6.45, 7) is 14.0. The van der Waals surface area contributed by atoms with Crippen LogP contribution < -0.4 is 5.73 Å². The molecule has 0 amide bonds. The molecular formula is C15H34N2O. The Morgan fingerprint density at radius 1 is 1.11 bits per heavy atom. The lowest BCUT2D eigenvalue weighted by atomic mass is 9.96. The van der Waals surface area contributed by atoms with E-state index in [0.29, 0.717) is 30.5 Å². The standard InChI is InChI=1S/C15H34N2O/c1-7-14(8-2)17(10-12(3)4)15(9-16)13(5)11-18-6/h12-15H,7-11,16H2,1-6H3. The summed E-state index contributed by atoms with van der Waals surface area (Å²) in [5, 5.41) is 0. The lowest BCUT2D eigenvalue weighted by Gasteiger charge is -2.41. The summed E-state index contributed by atoms with van der Waals surface area (Å²) >= 11 is 0. The highest BCUT2D eigenvalue weighted by Crippen LogP contribution is 2.20. The summed E-state index contributed by atoms with van der Waals surface area (Å²) in [7, 11) is 1.77. The predicted octanol–water partition coefficient (Wildman–Crippen LogP) is 2.74. The van der Waals surface area contributed by atoms with Gasteiger partial charge in [-0.25, -0.2) is 0 Å². The minimum absolute atomic E-state index is 0.428. The van der Waals surface area contributed by atoms with Crippen LogP contribution in [0.4, 0.5) is 0 Å². The summed E-state index contributed by atoms with van der Waals surface area (Å²) in [6, 6.07) is 1.07. The fourth-order valence-corrected chi connectivity index (χ4v) is 2.80. The van der Waals surface area contributed by atoms with Gasteiger partial charge in [-0.15, -0.1) is 0 Å². The Labute approximate surface area is 114 Å². The van der Waals surface area contributed by atoms with Crippen LogP contribution in [0.2, 0.25) is 0 Å². The van der Waals surface area contributed by atoms with E-state index >= 15 is 0 Å². The van der Waals surface area contributed by atoms with Crippen LogP contribution in [0.1, 0.15) is 47.5 Å². The van der Waals surface area contributed by atoms with Crippen LogP contribution in [0, 0.1) is 11.8 Å². The van der Waals surface area contributed by atoms with Crippen molar-refractivity contribution in [3.05, 3.63) is 0 Å². The maximum absolute atomic E-state index is 6.03. The van der Waals surface area contributed by atoms with Gasteiger partial charge in [0.15, 0.2) is 0 Å². The molecule has 2 unspecified atom stereocenters. The molecule has 0 aromatic heterocycles. The molecule has 0 aromatic rings. The minimum Gasteiger partial charge on any atom is -0.384 e. The van der Waals surface area contributed by atoms with E-state index < -0.39 is 0 Å². The van der Waals surface area contributed by atoms with Crippen molar-refractivity contribution in [1.82, 2.24) is 4.90 Å². The van der Waals surface area contributed by atoms with E-state index in [2.05, 4.69) is 39.5 Å². The van der Waals surface area contributed by atoms with Crippen LogP contribution in [0.25, 0.3) is 0 Å². The molecule has 2 N–H and O–H groups in total. The van der Waals surface area contributed by atoms with Gasteiger partial charge >= 0.3 is 0 Å². The lowest BCUT2D eigenvalue weighted by molar-refractivity contribution is 0.0469. The average Bonchev–Trinajstić information content (AvgIpc) is 2.31. The van der Waals surface area contributed by atoms with E-state index in [0.717, 1.165) is 13.2 Å². The molecule has 0 saturated carbocycles. The Kier molecular flexibility index (Phi) is 9.70. The zero-order valence-electron chi connectivity index (χ0n) is 13.3. The smallest absolute Gasteiger partial charge is 0.0503 e. The molecule has 0 rings (SSSR count). The molecule has 0 spiro atoms. The van der Waals surface area contributed by atoms with Crippen LogP contribution in [-0.4, -0.2) is 43.8 Å². The van der Waals surface area contributed by atoms with Gasteiger partial charge in [0.2, 0.25) is 0 Å². The maximum atomic E-state index is 6.03.